The standard InChI is InChI=1S/C9H13N5O2/c1-12-6-8(15)14(9(12)16)5-4-13-3-2-7(10)11-13/h2-3H,4-6H2,1H3,(H2,10,11). The summed E-state index contributed by atoms with van der Waals surface area (Å²) in [5, 5.41) is 3.97. The van der Waals surface area contributed by atoms with E-state index < -0.39 is 0 Å². The Balaban J connectivity index is 1.95. The molecule has 1 aliphatic heterocycles. The third kappa shape index (κ3) is 1.83. The number of carbonyl (C=O) groups is 2. The van der Waals surface area contributed by atoms with Gasteiger partial charge in [-0.25, -0.2) is 4.79 Å². The number of nitrogens with two attached hydrogens (primary N) is 1. The number of carbonyl (C=O) groups excluding carboxylic acids is 2. The third-order valence-corrected chi connectivity index (χ3v) is 2.44. The Morgan fingerprint density at radius 3 is 2.69 bits per heavy atom. The molecule has 0 saturated carbocycles. The number of rotatable bonds is 3. The molecule has 2 rings (SSSR count). The number of aromatic nitrogens is 2. The van der Waals surface area contributed by atoms with E-state index >= 15 is 0 Å². The number of likely N-dealkylation sites (N-methyl/N-ethyl adjacent to an activating group) is 1. The molecule has 1 aromatic heterocycles. The summed E-state index contributed by atoms with van der Waals surface area (Å²) in [5.74, 6) is 0.254. The minimum absolute atomic E-state index is 0.153. The monoisotopic (exact) mass is 223 g/mol. The highest BCUT2D eigenvalue weighted by atomic mass is 16.2. The van der Waals surface area contributed by atoms with Crippen molar-refractivity contribution in [2.45, 2.75) is 6.54 Å². The Bertz CT molecular complexity index is 427. The van der Waals surface area contributed by atoms with Crippen LogP contribution in [0.25, 0.3) is 0 Å². The minimum atomic E-state index is -0.259. The van der Waals surface area contributed by atoms with Crippen molar-refractivity contribution in [1.82, 2.24) is 19.6 Å². The molecule has 86 valence electrons. The average molecular weight is 223 g/mol. The molecule has 1 aromatic rings. The van der Waals surface area contributed by atoms with Gasteiger partial charge in [-0.1, -0.05) is 0 Å². The van der Waals surface area contributed by atoms with E-state index in [1.807, 2.05) is 0 Å². The van der Waals surface area contributed by atoms with Gasteiger partial charge in [-0.15, -0.1) is 0 Å². The van der Waals surface area contributed by atoms with E-state index in [-0.39, 0.29) is 18.5 Å². The number of nitrogens with zero attached hydrogens (tertiary/aromatic N) is 4. The van der Waals surface area contributed by atoms with Crippen molar-refractivity contribution < 1.29 is 9.59 Å². The molecule has 0 aliphatic carbocycles. The zero-order valence-electron chi connectivity index (χ0n) is 8.96. The van der Waals surface area contributed by atoms with E-state index in [1.54, 1.807) is 24.0 Å². The first kappa shape index (κ1) is 10.5. The lowest BCUT2D eigenvalue weighted by Crippen LogP contribution is -2.34. The number of hydrogen-bond donors (Lipinski definition) is 1. The molecule has 0 atom stereocenters. The SMILES string of the molecule is CN1CC(=O)N(CCn2ccc(N)n2)C1=O. The molecule has 0 spiro atoms. The van der Waals surface area contributed by atoms with Crippen molar-refractivity contribution in [1.29, 1.82) is 0 Å². The van der Waals surface area contributed by atoms with Gasteiger partial charge in [-0.2, -0.15) is 5.10 Å². The van der Waals surface area contributed by atoms with E-state index in [2.05, 4.69) is 5.10 Å². The lowest BCUT2D eigenvalue weighted by molar-refractivity contribution is -0.125. The van der Waals surface area contributed by atoms with Crippen LogP contribution >= 0.6 is 0 Å². The van der Waals surface area contributed by atoms with Crippen LogP contribution in [0, 0.1) is 0 Å². The highest BCUT2D eigenvalue weighted by molar-refractivity contribution is 6.01. The van der Waals surface area contributed by atoms with E-state index in [0.717, 1.165) is 0 Å². The smallest absolute Gasteiger partial charge is 0.327 e. The van der Waals surface area contributed by atoms with Gasteiger partial charge in [0.15, 0.2) is 0 Å². The molecule has 16 heavy (non-hydrogen) atoms. The van der Waals surface area contributed by atoms with Crippen LogP contribution in [0.5, 0.6) is 0 Å². The zero-order valence-corrected chi connectivity index (χ0v) is 8.96. The third-order valence-electron chi connectivity index (χ3n) is 2.44. The summed E-state index contributed by atoms with van der Waals surface area (Å²) in [7, 11) is 1.60. The van der Waals surface area contributed by atoms with Crippen LogP contribution in [0.3, 0.4) is 0 Å². The molecule has 1 fully saturated rings. The molecule has 2 N–H and O–H groups in total. The molecule has 0 unspecified atom stereocenters. The van der Waals surface area contributed by atoms with Gasteiger partial charge in [0.05, 0.1) is 13.1 Å². The molecule has 1 aliphatic rings. The number of urea groups is 1. The maximum absolute atomic E-state index is 11.5. The predicted octanol–water partition coefficient (Wildman–Crippen LogP) is -0.641. The van der Waals surface area contributed by atoms with Crippen molar-refractivity contribution in [3.63, 3.8) is 0 Å². The normalized spacial score (nSPS) is 16.3. The summed E-state index contributed by atoms with van der Waals surface area (Å²) >= 11 is 0. The topological polar surface area (TPSA) is 84.5 Å². The van der Waals surface area contributed by atoms with Gasteiger partial charge in [0, 0.05) is 13.2 Å². The molecule has 1 saturated heterocycles. The van der Waals surface area contributed by atoms with E-state index in [1.165, 1.54) is 9.80 Å². The molecule has 0 bridgehead atoms. The van der Waals surface area contributed by atoms with E-state index in [9.17, 15) is 9.59 Å². The molecule has 7 heteroatoms. The summed E-state index contributed by atoms with van der Waals surface area (Å²) in [6, 6.07) is 1.41. The van der Waals surface area contributed by atoms with Gasteiger partial charge in [-0.3, -0.25) is 14.4 Å². The maximum Gasteiger partial charge on any atom is 0.327 e. The van der Waals surface area contributed by atoms with E-state index in [0.29, 0.717) is 18.9 Å². The van der Waals surface area contributed by atoms with Crippen molar-refractivity contribution in [2.75, 3.05) is 25.9 Å². The molecule has 3 amide bonds. The predicted molar refractivity (Wildman–Crippen MR) is 56.4 cm³/mol. The first-order chi connectivity index (χ1) is 7.58. The van der Waals surface area contributed by atoms with Crippen LogP contribution in [0.1, 0.15) is 0 Å². The van der Waals surface area contributed by atoms with Gasteiger partial charge in [0.1, 0.15) is 12.4 Å². The molecule has 7 nitrogen and oxygen atoms in total. The van der Waals surface area contributed by atoms with Crippen molar-refractivity contribution in [3.8, 4) is 0 Å². The molecule has 0 aromatic carbocycles. The van der Waals surface area contributed by atoms with Crippen LogP contribution in [-0.4, -0.2) is 51.7 Å². The molecular formula is C9H13N5O2. The largest absolute Gasteiger partial charge is 0.382 e. The number of amides is 3. The fraction of sp³-hybridized carbons (Fsp3) is 0.444. The van der Waals surface area contributed by atoms with Gasteiger partial charge in [-0.05, 0) is 6.07 Å². The Kier molecular flexibility index (Phi) is 2.51. The highest BCUT2D eigenvalue weighted by Crippen LogP contribution is 2.07. The Hall–Kier alpha value is -2.05. The van der Waals surface area contributed by atoms with Crippen LogP contribution in [0.4, 0.5) is 10.6 Å². The van der Waals surface area contributed by atoms with Crippen LogP contribution in [-0.2, 0) is 11.3 Å². The second-order valence-electron chi connectivity index (χ2n) is 3.69. The second kappa shape index (κ2) is 3.84. The average Bonchev–Trinajstić information content (AvgIpc) is 2.72. The summed E-state index contributed by atoms with van der Waals surface area (Å²) in [5.41, 5.74) is 5.45. The maximum atomic E-state index is 11.5. The minimum Gasteiger partial charge on any atom is -0.382 e. The Labute approximate surface area is 92.4 Å². The van der Waals surface area contributed by atoms with Crippen LogP contribution in [0.2, 0.25) is 0 Å². The van der Waals surface area contributed by atoms with Gasteiger partial charge in [0.2, 0.25) is 5.91 Å². The van der Waals surface area contributed by atoms with E-state index in [4.69, 9.17) is 5.73 Å². The molecular weight excluding hydrogens is 210 g/mol. The van der Waals surface area contributed by atoms with Gasteiger partial charge < -0.3 is 10.6 Å². The Morgan fingerprint density at radius 2 is 2.19 bits per heavy atom. The molecule has 2 heterocycles. The zero-order chi connectivity index (χ0) is 11.7. The van der Waals surface area contributed by atoms with Gasteiger partial charge in [0.25, 0.3) is 0 Å². The van der Waals surface area contributed by atoms with Gasteiger partial charge >= 0.3 is 6.03 Å². The lowest BCUT2D eigenvalue weighted by Gasteiger charge is -2.13. The Morgan fingerprint density at radius 1 is 1.44 bits per heavy atom. The summed E-state index contributed by atoms with van der Waals surface area (Å²) in [6.07, 6.45) is 1.71. The number of anilines is 1. The number of hydrogen-bond acceptors (Lipinski definition) is 4. The fourth-order valence-electron chi connectivity index (χ4n) is 1.59. The summed E-state index contributed by atoms with van der Waals surface area (Å²) in [4.78, 5) is 25.6. The number of imide groups is 1. The first-order valence-electron chi connectivity index (χ1n) is 4.92. The number of nitrogen functional groups attached to an aromatic ring is 1. The van der Waals surface area contributed by atoms with Crippen LogP contribution in [0.15, 0.2) is 12.3 Å². The molecule has 0 radical (unpaired) electrons. The van der Waals surface area contributed by atoms with Crippen LogP contribution < -0.4 is 5.73 Å². The lowest BCUT2D eigenvalue weighted by atomic mass is 10.5. The highest BCUT2D eigenvalue weighted by Gasteiger charge is 2.32. The fourth-order valence-corrected chi connectivity index (χ4v) is 1.59. The second-order valence-corrected chi connectivity index (χ2v) is 3.69. The first-order valence-corrected chi connectivity index (χ1v) is 4.92. The quantitative estimate of drug-likeness (QED) is 0.691. The van der Waals surface area contributed by atoms with Crippen molar-refractivity contribution in [2.24, 2.45) is 0 Å². The summed E-state index contributed by atoms with van der Waals surface area (Å²) < 4.78 is 1.61. The van der Waals surface area contributed by atoms with Crippen molar-refractivity contribution >= 4 is 17.8 Å². The summed E-state index contributed by atoms with van der Waals surface area (Å²) in [6.45, 7) is 0.936. The van der Waals surface area contributed by atoms with Crippen molar-refractivity contribution in [3.05, 3.63) is 12.3 Å².